The number of nitrogens with one attached hydrogen (secondary N) is 1. The van der Waals surface area contributed by atoms with Gasteiger partial charge in [0.15, 0.2) is 0 Å². The Balaban J connectivity index is 0.000000500. The van der Waals surface area contributed by atoms with Crippen LogP contribution < -0.4 is 2.81 Å². The van der Waals surface area contributed by atoms with Gasteiger partial charge in [0, 0.05) is 0 Å². The molecule has 70 valence electrons. The molecule has 0 radical (unpaired) electrons. The van der Waals surface area contributed by atoms with E-state index >= 15 is 0 Å². The van der Waals surface area contributed by atoms with E-state index in [2.05, 4.69) is 12.2 Å². The average molecular weight is 239 g/mol. The van der Waals surface area contributed by atoms with Gasteiger partial charge >= 0.3 is 83.0 Å². The van der Waals surface area contributed by atoms with Crippen molar-refractivity contribution in [2.24, 2.45) is 0 Å². The molecule has 0 fully saturated rings. The van der Waals surface area contributed by atoms with Gasteiger partial charge in [0.1, 0.15) is 0 Å². The van der Waals surface area contributed by atoms with Gasteiger partial charge < -0.3 is 0 Å². The zero-order chi connectivity index (χ0) is 11.2. The molecule has 0 heterocycles. The molecule has 1 aromatic carbocycles. The first-order valence-electron chi connectivity index (χ1n) is 3.50. The van der Waals surface area contributed by atoms with Gasteiger partial charge in [-0.1, -0.05) is 0 Å². The predicted molar refractivity (Wildman–Crippen MR) is 57.0 cm³/mol. The van der Waals surface area contributed by atoms with Gasteiger partial charge in [-0.05, 0) is 12.2 Å². The van der Waals surface area contributed by atoms with Crippen molar-refractivity contribution in [2.75, 3.05) is 0 Å². The summed E-state index contributed by atoms with van der Waals surface area (Å²) in [5.41, 5.74) is 0. The molecule has 0 saturated heterocycles. The fourth-order valence-corrected chi connectivity index (χ4v) is 2.70. The third-order valence-corrected chi connectivity index (χ3v) is 3.62. The van der Waals surface area contributed by atoms with E-state index in [1.165, 1.54) is 6.07 Å². The summed E-state index contributed by atoms with van der Waals surface area (Å²) in [5, 5.41) is 7.36. The van der Waals surface area contributed by atoms with Crippen LogP contribution in [0.15, 0.2) is 29.2 Å². The maximum absolute atomic E-state index is 10.6. The Labute approximate surface area is 105 Å². The van der Waals surface area contributed by atoms with E-state index in [0.29, 0.717) is 30.7 Å². The summed E-state index contributed by atoms with van der Waals surface area (Å²) in [6, 6.07) is 6.43. The van der Waals surface area contributed by atoms with Gasteiger partial charge in [-0.3, -0.25) is 0 Å². The normalized spacial score (nSPS) is 9.64. The van der Waals surface area contributed by atoms with E-state index in [4.69, 9.17) is 9.96 Å². The summed E-state index contributed by atoms with van der Waals surface area (Å²) in [5.74, 6) is 0. The SMILES string of the molecule is N=C=S.O=S(=O)(O)c1cccc[c]1[Na]. The average Bonchev–Trinajstić information content (AvgIpc) is 2.04. The number of rotatable bonds is 1. The van der Waals surface area contributed by atoms with Crippen LogP contribution in [-0.4, -0.2) is 46.1 Å². The molecule has 1 rings (SSSR count). The Morgan fingerprint density at radius 2 is 1.86 bits per heavy atom. The second kappa shape index (κ2) is 6.42. The molecule has 1 aromatic rings. The number of isothiocyanates is 1. The number of thiocarbonyl (C=S) groups is 1. The molecule has 0 aliphatic rings. The van der Waals surface area contributed by atoms with Crippen LogP contribution in [0.1, 0.15) is 0 Å². The van der Waals surface area contributed by atoms with Crippen LogP contribution in [0.4, 0.5) is 0 Å². The first-order chi connectivity index (χ1) is 6.43. The van der Waals surface area contributed by atoms with Crippen LogP contribution in [0.2, 0.25) is 0 Å². The second-order valence-electron chi connectivity index (χ2n) is 2.34. The summed E-state index contributed by atoms with van der Waals surface area (Å²) in [4.78, 5) is 0.0340. The molecule has 0 bridgehead atoms. The Hall–Kier alpha value is -0.0700. The van der Waals surface area contributed by atoms with Crippen molar-refractivity contribution in [2.45, 2.75) is 4.90 Å². The molecule has 14 heavy (non-hydrogen) atoms. The van der Waals surface area contributed by atoms with E-state index in [1.807, 2.05) is 0 Å². The van der Waals surface area contributed by atoms with Crippen LogP contribution in [0.3, 0.4) is 0 Å². The zero-order valence-electron chi connectivity index (χ0n) is 7.39. The zero-order valence-corrected chi connectivity index (χ0v) is 11.0. The molecule has 4 nitrogen and oxygen atoms in total. The molecule has 0 aliphatic heterocycles. The third-order valence-electron chi connectivity index (χ3n) is 1.37. The van der Waals surface area contributed by atoms with E-state index in [-0.39, 0.29) is 4.90 Å². The molecule has 0 amide bonds. The van der Waals surface area contributed by atoms with Crippen molar-refractivity contribution in [1.82, 2.24) is 0 Å². The molecular weight excluding hydrogens is 233 g/mol. The van der Waals surface area contributed by atoms with Crippen LogP contribution in [-0.2, 0) is 10.1 Å². The topological polar surface area (TPSA) is 78.2 Å². The summed E-state index contributed by atoms with van der Waals surface area (Å²) in [6.45, 7) is 0. The first kappa shape index (κ1) is 13.9. The van der Waals surface area contributed by atoms with Crippen molar-refractivity contribution in [3.05, 3.63) is 24.3 Å². The predicted octanol–water partition coefficient (Wildman–Crippen LogP) is 0.395. The van der Waals surface area contributed by atoms with E-state index < -0.39 is 10.1 Å². The summed E-state index contributed by atoms with van der Waals surface area (Å²) in [6.07, 6.45) is 0. The van der Waals surface area contributed by atoms with Crippen LogP contribution in [0.25, 0.3) is 0 Å². The molecule has 7 heteroatoms. The van der Waals surface area contributed by atoms with Crippen molar-refractivity contribution in [3.63, 3.8) is 0 Å². The minimum atomic E-state index is -4.00. The summed E-state index contributed by atoms with van der Waals surface area (Å²) >= 11 is 4.43. The number of hydrogen-bond donors (Lipinski definition) is 2. The quantitative estimate of drug-likeness (QED) is 0.322. The Kier molecular flexibility index (Phi) is 6.39. The summed E-state index contributed by atoms with van der Waals surface area (Å²) in [7, 11) is -4.00. The molecule has 0 saturated carbocycles. The number of hydrogen-bond acceptors (Lipinski definition) is 4. The third kappa shape index (κ3) is 4.97. The van der Waals surface area contributed by atoms with Crippen LogP contribution in [0.5, 0.6) is 0 Å². The Morgan fingerprint density at radius 3 is 2.14 bits per heavy atom. The molecule has 0 atom stereocenters. The van der Waals surface area contributed by atoms with Crippen molar-refractivity contribution < 1.29 is 13.0 Å². The van der Waals surface area contributed by atoms with Gasteiger partial charge in [0.05, 0.1) is 5.16 Å². The monoisotopic (exact) mass is 239 g/mol. The molecule has 0 aromatic heterocycles. The minimum absolute atomic E-state index is 0.0340. The molecule has 2 N–H and O–H groups in total. The van der Waals surface area contributed by atoms with Gasteiger partial charge in [-0.15, -0.1) is 0 Å². The molecule has 0 unspecified atom stereocenters. The second-order valence-corrected chi connectivity index (χ2v) is 5.01. The van der Waals surface area contributed by atoms with Crippen LogP contribution >= 0.6 is 12.2 Å². The van der Waals surface area contributed by atoms with E-state index in [1.54, 1.807) is 23.4 Å². The standard InChI is InChI=1S/C6H5O3S.CHNS.Na/c7-10(8,9)6-4-2-1-3-5-6;2-1-3;/h1-4H,(H,7,8,9);2H;. The molecule has 0 aliphatic carbocycles. The van der Waals surface area contributed by atoms with E-state index in [9.17, 15) is 8.42 Å². The number of benzene rings is 1. The van der Waals surface area contributed by atoms with Gasteiger partial charge in [-0.2, -0.15) is 0 Å². The molecular formula is C7H6NNaO3S2. The Bertz CT molecular complexity index is 438. The van der Waals surface area contributed by atoms with Crippen molar-refractivity contribution in [1.29, 1.82) is 5.41 Å². The Morgan fingerprint density at radius 1 is 1.43 bits per heavy atom. The van der Waals surface area contributed by atoms with Gasteiger partial charge in [0.25, 0.3) is 0 Å². The van der Waals surface area contributed by atoms with Crippen molar-refractivity contribution >= 4 is 58.2 Å². The first-order valence-corrected chi connectivity index (χ1v) is 6.35. The summed E-state index contributed by atoms with van der Waals surface area (Å²) < 4.78 is 30.6. The fraction of sp³-hybridized carbons (Fsp3) is 0. The maximum atomic E-state index is 10.6. The van der Waals surface area contributed by atoms with Gasteiger partial charge in [0.2, 0.25) is 0 Å². The van der Waals surface area contributed by atoms with Crippen molar-refractivity contribution in [3.8, 4) is 0 Å². The van der Waals surface area contributed by atoms with E-state index in [0.717, 1.165) is 0 Å². The molecule has 0 spiro atoms. The van der Waals surface area contributed by atoms with Gasteiger partial charge in [-0.25, -0.2) is 5.41 Å². The fourth-order valence-electron chi connectivity index (χ4n) is 0.846. The van der Waals surface area contributed by atoms with Crippen LogP contribution in [0, 0.1) is 5.41 Å².